The van der Waals surface area contributed by atoms with E-state index in [4.69, 9.17) is 9.47 Å². The highest BCUT2D eigenvalue weighted by Gasteiger charge is 2.41. The average molecular weight is 349 g/mol. The lowest BCUT2D eigenvalue weighted by Crippen LogP contribution is -2.55. The number of unbranched alkanes of at least 4 members (excludes halogenated alkanes) is 2. The molecule has 0 aromatic carbocycles. The van der Waals surface area contributed by atoms with Crippen LogP contribution in [0.1, 0.15) is 58.8 Å². The Morgan fingerprint density at radius 3 is 2.22 bits per heavy atom. The van der Waals surface area contributed by atoms with Crippen LogP contribution < -0.4 is 0 Å². The minimum Gasteiger partial charge on any atom is -0.349 e. The van der Waals surface area contributed by atoms with E-state index in [9.17, 15) is 8.42 Å². The Kier molecular flexibility index (Phi) is 7.75. The highest BCUT2D eigenvalue weighted by atomic mass is 32.2. The van der Waals surface area contributed by atoms with Crippen LogP contribution in [0.3, 0.4) is 0 Å². The van der Waals surface area contributed by atoms with Gasteiger partial charge in [0.05, 0.1) is 19.3 Å². The maximum Gasteiger partial charge on any atom is 0.282 e. The van der Waals surface area contributed by atoms with Gasteiger partial charge in [0.1, 0.15) is 0 Å². The van der Waals surface area contributed by atoms with Gasteiger partial charge < -0.3 is 9.47 Å². The molecule has 1 atom stereocenters. The lowest BCUT2D eigenvalue weighted by Gasteiger charge is -2.39. The molecule has 0 amide bonds. The van der Waals surface area contributed by atoms with Gasteiger partial charge in [-0.3, -0.25) is 0 Å². The second-order valence-corrected chi connectivity index (χ2v) is 8.28. The molecule has 6 nitrogen and oxygen atoms in total. The van der Waals surface area contributed by atoms with Crippen LogP contribution in [0, 0.1) is 0 Å². The van der Waals surface area contributed by atoms with E-state index in [1.165, 1.54) is 0 Å². The molecule has 2 fully saturated rings. The second-order valence-electron chi connectivity index (χ2n) is 6.40. The Labute approximate surface area is 141 Å². The van der Waals surface area contributed by atoms with Gasteiger partial charge in [0.2, 0.25) is 0 Å². The van der Waals surface area contributed by atoms with Crippen LogP contribution in [-0.4, -0.2) is 62.2 Å². The zero-order chi connectivity index (χ0) is 16.7. The van der Waals surface area contributed by atoms with Crippen molar-refractivity contribution in [3.63, 3.8) is 0 Å². The van der Waals surface area contributed by atoms with E-state index in [1.807, 2.05) is 0 Å². The molecule has 0 bridgehead atoms. The van der Waals surface area contributed by atoms with Crippen molar-refractivity contribution in [2.45, 2.75) is 71.1 Å². The van der Waals surface area contributed by atoms with Gasteiger partial charge in [-0.15, -0.1) is 0 Å². The van der Waals surface area contributed by atoms with Crippen molar-refractivity contribution in [2.24, 2.45) is 0 Å². The summed E-state index contributed by atoms with van der Waals surface area (Å²) in [6, 6.07) is -0.179. The largest absolute Gasteiger partial charge is 0.349 e. The molecular formula is C16H32N2O4S. The highest BCUT2D eigenvalue weighted by molar-refractivity contribution is 7.86. The lowest BCUT2D eigenvalue weighted by molar-refractivity contribution is -0.0921. The molecule has 2 aliphatic heterocycles. The minimum absolute atomic E-state index is 0.179. The van der Waals surface area contributed by atoms with Crippen LogP contribution in [0.15, 0.2) is 0 Å². The molecule has 0 aromatic heterocycles. The van der Waals surface area contributed by atoms with E-state index >= 15 is 0 Å². The summed E-state index contributed by atoms with van der Waals surface area (Å²) in [5, 5.41) is 0. The maximum atomic E-state index is 13.2. The van der Waals surface area contributed by atoms with Crippen LogP contribution in [0.4, 0.5) is 0 Å². The van der Waals surface area contributed by atoms with Gasteiger partial charge in [0, 0.05) is 19.6 Å². The predicted molar refractivity (Wildman–Crippen MR) is 90.3 cm³/mol. The first kappa shape index (κ1) is 19.1. The molecule has 0 N–H and O–H groups in total. The molecule has 23 heavy (non-hydrogen) atoms. The summed E-state index contributed by atoms with van der Waals surface area (Å²) in [6.45, 7) is 7.09. The summed E-state index contributed by atoms with van der Waals surface area (Å²) >= 11 is 0. The Balaban J connectivity index is 2.14. The van der Waals surface area contributed by atoms with Crippen LogP contribution in [0.2, 0.25) is 0 Å². The summed E-state index contributed by atoms with van der Waals surface area (Å²) in [4.78, 5) is 0. The zero-order valence-corrected chi connectivity index (χ0v) is 15.4. The van der Waals surface area contributed by atoms with Crippen molar-refractivity contribution in [1.82, 2.24) is 8.61 Å². The molecule has 136 valence electrons. The van der Waals surface area contributed by atoms with E-state index < -0.39 is 16.5 Å². The fourth-order valence-electron chi connectivity index (χ4n) is 3.25. The SMILES string of the molecule is CCCCN(CCCC)S(=O)(=O)N1CCCCC1C1OCCO1. The third-order valence-electron chi connectivity index (χ3n) is 4.60. The number of nitrogens with zero attached hydrogens (tertiary/aromatic N) is 2. The molecule has 7 heteroatoms. The summed E-state index contributed by atoms with van der Waals surface area (Å²) in [5.41, 5.74) is 0. The molecule has 2 aliphatic rings. The van der Waals surface area contributed by atoms with Gasteiger partial charge in [0.15, 0.2) is 6.29 Å². The van der Waals surface area contributed by atoms with Gasteiger partial charge in [0.25, 0.3) is 10.2 Å². The third-order valence-corrected chi connectivity index (χ3v) is 6.67. The molecule has 0 aliphatic carbocycles. The molecule has 2 heterocycles. The number of ether oxygens (including phenoxy) is 2. The molecule has 0 aromatic rings. The van der Waals surface area contributed by atoms with Crippen LogP contribution >= 0.6 is 0 Å². The average Bonchev–Trinajstić information content (AvgIpc) is 3.09. The molecule has 2 saturated heterocycles. The molecule has 0 radical (unpaired) electrons. The number of piperidine rings is 1. The summed E-state index contributed by atoms with van der Waals surface area (Å²) in [5.74, 6) is 0. The van der Waals surface area contributed by atoms with Gasteiger partial charge in [-0.1, -0.05) is 33.1 Å². The fraction of sp³-hybridized carbons (Fsp3) is 1.00. The quantitative estimate of drug-likeness (QED) is 0.642. The maximum absolute atomic E-state index is 13.2. The summed E-state index contributed by atoms with van der Waals surface area (Å²) in [7, 11) is -3.45. The molecule has 2 rings (SSSR count). The Morgan fingerprint density at radius 1 is 1.04 bits per heavy atom. The topological polar surface area (TPSA) is 59.1 Å². The van der Waals surface area contributed by atoms with Crippen molar-refractivity contribution in [2.75, 3.05) is 32.8 Å². The minimum atomic E-state index is -3.45. The van der Waals surface area contributed by atoms with Gasteiger partial charge in [-0.25, -0.2) is 0 Å². The van der Waals surface area contributed by atoms with E-state index in [2.05, 4.69) is 13.8 Å². The molecule has 1 unspecified atom stereocenters. The van der Waals surface area contributed by atoms with Crippen LogP contribution in [-0.2, 0) is 19.7 Å². The van der Waals surface area contributed by atoms with E-state index in [-0.39, 0.29) is 6.04 Å². The van der Waals surface area contributed by atoms with Gasteiger partial charge >= 0.3 is 0 Å². The zero-order valence-electron chi connectivity index (χ0n) is 14.6. The van der Waals surface area contributed by atoms with Gasteiger partial charge in [-0.05, 0) is 25.7 Å². The number of rotatable bonds is 9. The normalized spacial score (nSPS) is 24.6. The molecule has 0 saturated carbocycles. The fourth-order valence-corrected chi connectivity index (χ4v) is 5.17. The first-order valence-corrected chi connectivity index (χ1v) is 10.5. The Morgan fingerprint density at radius 2 is 1.65 bits per heavy atom. The Hall–Kier alpha value is -0.210. The van der Waals surface area contributed by atoms with Crippen molar-refractivity contribution < 1.29 is 17.9 Å². The van der Waals surface area contributed by atoms with Crippen molar-refractivity contribution >= 4 is 10.2 Å². The van der Waals surface area contributed by atoms with E-state index in [0.29, 0.717) is 32.8 Å². The van der Waals surface area contributed by atoms with Crippen molar-refractivity contribution in [1.29, 1.82) is 0 Å². The monoisotopic (exact) mass is 348 g/mol. The van der Waals surface area contributed by atoms with Gasteiger partial charge in [-0.2, -0.15) is 17.0 Å². The first-order valence-electron chi connectivity index (χ1n) is 9.11. The second kappa shape index (κ2) is 9.32. The van der Waals surface area contributed by atoms with E-state index in [0.717, 1.165) is 44.9 Å². The van der Waals surface area contributed by atoms with Crippen LogP contribution in [0.5, 0.6) is 0 Å². The molecular weight excluding hydrogens is 316 g/mol. The standard InChI is InChI=1S/C16H32N2O4S/c1-3-5-10-17(11-6-4-2)23(19,20)18-12-8-7-9-15(18)16-21-13-14-22-16/h15-16H,3-14H2,1-2H3. The lowest BCUT2D eigenvalue weighted by atomic mass is 10.0. The first-order chi connectivity index (χ1) is 11.1. The summed E-state index contributed by atoms with van der Waals surface area (Å²) in [6.07, 6.45) is 6.16. The third kappa shape index (κ3) is 4.89. The predicted octanol–water partition coefficient (Wildman–Crippen LogP) is 2.36. The Bertz CT molecular complexity index is 429. The summed E-state index contributed by atoms with van der Waals surface area (Å²) < 4.78 is 41.0. The van der Waals surface area contributed by atoms with Crippen LogP contribution in [0.25, 0.3) is 0 Å². The highest BCUT2D eigenvalue weighted by Crippen LogP contribution is 2.28. The number of hydrogen-bond donors (Lipinski definition) is 0. The number of hydrogen-bond acceptors (Lipinski definition) is 4. The van der Waals surface area contributed by atoms with Crippen molar-refractivity contribution in [3.05, 3.63) is 0 Å². The van der Waals surface area contributed by atoms with Crippen molar-refractivity contribution in [3.8, 4) is 0 Å². The smallest absolute Gasteiger partial charge is 0.282 e. The van der Waals surface area contributed by atoms with E-state index in [1.54, 1.807) is 8.61 Å². The molecule has 0 spiro atoms.